The summed E-state index contributed by atoms with van der Waals surface area (Å²) in [5.41, 5.74) is 1.50. The molecule has 178 valence electrons. The van der Waals surface area contributed by atoms with Gasteiger partial charge < -0.3 is 24.7 Å². The van der Waals surface area contributed by atoms with Crippen LogP contribution in [0.2, 0.25) is 0 Å². The van der Waals surface area contributed by atoms with E-state index in [1.165, 1.54) is 0 Å². The Bertz CT molecular complexity index is 1340. The fraction of sp³-hybridized carbons (Fsp3) is 0.556. The van der Waals surface area contributed by atoms with Crippen LogP contribution in [0.25, 0.3) is 17.0 Å². The molecule has 1 aromatic carbocycles. The van der Waals surface area contributed by atoms with E-state index in [1.807, 2.05) is 24.8 Å². The van der Waals surface area contributed by atoms with Gasteiger partial charge >= 0.3 is 0 Å². The van der Waals surface area contributed by atoms with Crippen LogP contribution in [0, 0.1) is 5.92 Å². The summed E-state index contributed by atoms with van der Waals surface area (Å²) in [5, 5.41) is 4.27. The van der Waals surface area contributed by atoms with Crippen molar-refractivity contribution < 1.29 is 19.1 Å². The number of piperidine rings is 2. The van der Waals surface area contributed by atoms with Crippen molar-refractivity contribution in [2.45, 2.75) is 75.2 Å². The minimum absolute atomic E-state index is 0.0158. The zero-order valence-corrected chi connectivity index (χ0v) is 20.4. The van der Waals surface area contributed by atoms with Gasteiger partial charge in [0.05, 0.1) is 5.52 Å². The van der Waals surface area contributed by atoms with Crippen molar-refractivity contribution in [2.75, 3.05) is 13.7 Å². The number of benzene rings is 1. The lowest BCUT2D eigenvalue weighted by molar-refractivity contribution is -0.193. The molecule has 5 aliphatic heterocycles. The third-order valence-electron chi connectivity index (χ3n) is 9.39. The van der Waals surface area contributed by atoms with E-state index in [1.54, 1.807) is 7.11 Å². The number of H-pyrrole nitrogens is 1. The lowest BCUT2D eigenvalue weighted by Crippen LogP contribution is -2.85. The van der Waals surface area contributed by atoms with Gasteiger partial charge in [0.1, 0.15) is 23.0 Å². The average Bonchev–Trinajstić information content (AvgIpc) is 3.38. The van der Waals surface area contributed by atoms with Gasteiger partial charge in [0.15, 0.2) is 5.54 Å². The summed E-state index contributed by atoms with van der Waals surface area (Å²) in [6, 6.07) is 4.07. The molecule has 4 fully saturated rings. The summed E-state index contributed by atoms with van der Waals surface area (Å²) in [4.78, 5) is 33.3. The maximum atomic E-state index is 14.2. The number of carbonyl (C=O) groups excluding carboxylic acids is 2. The Morgan fingerprint density at radius 2 is 1.97 bits per heavy atom. The number of nitrogens with zero attached hydrogens (tertiary/aromatic N) is 1. The first-order valence-electron chi connectivity index (χ1n) is 12.3. The van der Waals surface area contributed by atoms with Gasteiger partial charge in [-0.2, -0.15) is 0 Å². The zero-order valence-electron chi connectivity index (χ0n) is 20.4. The van der Waals surface area contributed by atoms with Crippen LogP contribution in [0.5, 0.6) is 5.75 Å². The van der Waals surface area contributed by atoms with Gasteiger partial charge in [0, 0.05) is 47.2 Å². The monoisotopic (exact) mass is 461 g/mol. The van der Waals surface area contributed by atoms with E-state index < -0.39 is 17.2 Å². The molecule has 0 saturated carbocycles. The van der Waals surface area contributed by atoms with Gasteiger partial charge in [0.25, 0.3) is 5.91 Å². The minimum Gasteiger partial charge on any atom is -0.483 e. The molecule has 1 aromatic heterocycles. The molecule has 7 heteroatoms. The van der Waals surface area contributed by atoms with Crippen molar-refractivity contribution in [3.63, 3.8) is 0 Å². The van der Waals surface area contributed by atoms with E-state index in [0.29, 0.717) is 13.0 Å². The normalized spacial score (nSPS) is 36.0. The first-order valence-corrected chi connectivity index (χ1v) is 12.3. The second-order valence-corrected chi connectivity index (χ2v) is 11.9. The van der Waals surface area contributed by atoms with Crippen LogP contribution in [-0.4, -0.2) is 52.0 Å². The first-order chi connectivity index (χ1) is 16.1. The van der Waals surface area contributed by atoms with Crippen molar-refractivity contribution in [3.05, 3.63) is 35.0 Å². The Kier molecular flexibility index (Phi) is 3.55. The number of methoxy groups -OCH3 is 1. The number of piperazine rings is 1. The highest BCUT2D eigenvalue weighted by atomic mass is 16.5. The standard InChI is InChI=1S/C27H31N3O4/c1-24(2)11-9-14-16(34-24)8-7-15-18-20(28-19(14)15)25(3,4)17-13-26-10-6-12-30(26)23(32)27(17,21(18)33-5)29-22(26)31/h7-9,11,17,21,28H,6,10,12-13H2,1-5H3,(H,29,31)/t17-,21-,26+,27-/m1/s1. The van der Waals surface area contributed by atoms with Crippen LogP contribution in [0.4, 0.5) is 0 Å². The molecule has 2 amide bonds. The molecular weight excluding hydrogens is 430 g/mol. The second kappa shape index (κ2) is 5.88. The Balaban J connectivity index is 1.51. The van der Waals surface area contributed by atoms with Gasteiger partial charge in [-0.15, -0.1) is 0 Å². The van der Waals surface area contributed by atoms with Crippen LogP contribution >= 0.6 is 0 Å². The first kappa shape index (κ1) is 20.6. The van der Waals surface area contributed by atoms with Crippen molar-refractivity contribution in [1.29, 1.82) is 0 Å². The predicted octanol–water partition coefficient (Wildman–Crippen LogP) is 3.58. The summed E-state index contributed by atoms with van der Waals surface area (Å²) in [7, 11) is 1.65. The molecule has 2 aromatic rings. The third kappa shape index (κ3) is 2.06. The summed E-state index contributed by atoms with van der Waals surface area (Å²) in [6.07, 6.45) is 5.88. The number of ether oxygens (including phenoxy) is 2. The number of aromatic amines is 1. The van der Waals surface area contributed by atoms with Crippen LogP contribution in [0.3, 0.4) is 0 Å². The Labute approximate surface area is 198 Å². The molecule has 1 aliphatic carbocycles. The molecule has 8 rings (SSSR count). The number of carbonyl (C=O) groups is 2. The van der Waals surface area contributed by atoms with Gasteiger partial charge in [0.2, 0.25) is 5.91 Å². The predicted molar refractivity (Wildman–Crippen MR) is 127 cm³/mol. The third-order valence-corrected chi connectivity index (χ3v) is 9.39. The molecule has 2 spiro atoms. The highest BCUT2D eigenvalue weighted by Gasteiger charge is 2.76. The molecule has 34 heavy (non-hydrogen) atoms. The van der Waals surface area contributed by atoms with Gasteiger partial charge in [-0.25, -0.2) is 0 Å². The summed E-state index contributed by atoms with van der Waals surface area (Å²) in [6.45, 7) is 9.14. The van der Waals surface area contributed by atoms with E-state index in [-0.39, 0.29) is 28.7 Å². The maximum Gasteiger partial charge on any atom is 0.252 e. The Hall–Kier alpha value is -2.80. The fourth-order valence-corrected chi connectivity index (χ4v) is 7.84. The molecule has 2 N–H and O–H groups in total. The number of hydrogen-bond donors (Lipinski definition) is 2. The number of fused-ring (bicyclic) bond motifs is 6. The van der Waals surface area contributed by atoms with Gasteiger partial charge in [-0.3, -0.25) is 9.59 Å². The quantitative estimate of drug-likeness (QED) is 0.680. The molecule has 4 saturated heterocycles. The Morgan fingerprint density at radius 3 is 2.74 bits per heavy atom. The molecule has 7 nitrogen and oxygen atoms in total. The minimum atomic E-state index is -1.10. The van der Waals surface area contributed by atoms with Crippen molar-refractivity contribution in [2.24, 2.45) is 5.92 Å². The largest absolute Gasteiger partial charge is 0.483 e. The van der Waals surface area contributed by atoms with Crippen LogP contribution < -0.4 is 10.1 Å². The average molecular weight is 462 g/mol. The number of hydrogen-bond acceptors (Lipinski definition) is 4. The van der Waals surface area contributed by atoms with Crippen molar-refractivity contribution in [3.8, 4) is 5.75 Å². The molecule has 4 atom stereocenters. The highest BCUT2D eigenvalue weighted by Crippen LogP contribution is 2.63. The number of aromatic nitrogens is 1. The molecule has 6 heterocycles. The van der Waals surface area contributed by atoms with Gasteiger partial charge in [-0.1, -0.05) is 13.8 Å². The molecular formula is C27H31N3O4. The van der Waals surface area contributed by atoms with Crippen LogP contribution in [0.15, 0.2) is 18.2 Å². The van der Waals surface area contributed by atoms with Crippen LogP contribution in [-0.2, 0) is 19.7 Å². The fourth-order valence-electron chi connectivity index (χ4n) is 7.84. The van der Waals surface area contributed by atoms with E-state index in [0.717, 1.165) is 46.3 Å². The zero-order chi connectivity index (χ0) is 23.8. The van der Waals surface area contributed by atoms with E-state index >= 15 is 0 Å². The Morgan fingerprint density at radius 1 is 1.18 bits per heavy atom. The lowest BCUT2D eigenvalue weighted by atomic mass is 9.50. The SMILES string of the molecule is CO[C@@H]1c2c([nH]c3c4c(ccc23)OC(C)(C)C=C4)C(C)(C)[C@H]2C[C@]34CCCN3C(=O)[C@]12NC4=O. The van der Waals surface area contributed by atoms with E-state index in [9.17, 15) is 9.59 Å². The van der Waals surface area contributed by atoms with Crippen molar-refractivity contribution in [1.82, 2.24) is 15.2 Å². The van der Waals surface area contributed by atoms with E-state index in [2.05, 4.69) is 42.4 Å². The number of nitrogens with one attached hydrogen (secondary N) is 2. The van der Waals surface area contributed by atoms with Crippen molar-refractivity contribution >= 4 is 28.8 Å². The molecule has 2 bridgehead atoms. The number of rotatable bonds is 1. The summed E-state index contributed by atoms with van der Waals surface area (Å²) in [5.74, 6) is 0.763. The molecule has 0 unspecified atom stereocenters. The van der Waals surface area contributed by atoms with Crippen LogP contribution in [0.1, 0.15) is 69.9 Å². The number of amides is 2. The molecule has 6 aliphatic rings. The topological polar surface area (TPSA) is 83.7 Å². The molecule has 0 radical (unpaired) electrons. The van der Waals surface area contributed by atoms with Gasteiger partial charge in [-0.05, 0) is 57.4 Å². The highest BCUT2D eigenvalue weighted by molar-refractivity contribution is 6.07. The maximum absolute atomic E-state index is 14.2. The smallest absolute Gasteiger partial charge is 0.252 e. The van der Waals surface area contributed by atoms with E-state index in [4.69, 9.17) is 9.47 Å². The summed E-state index contributed by atoms with van der Waals surface area (Å²) < 4.78 is 12.4. The second-order valence-electron chi connectivity index (χ2n) is 11.9. The lowest BCUT2D eigenvalue weighted by Gasteiger charge is -2.65. The summed E-state index contributed by atoms with van der Waals surface area (Å²) >= 11 is 0.